The Balaban J connectivity index is 2.43. The summed E-state index contributed by atoms with van der Waals surface area (Å²) in [7, 11) is 3.61. The Hall–Kier alpha value is -1.07. The lowest BCUT2D eigenvalue weighted by Crippen LogP contribution is -2.22. The molecular weight excluding hydrogens is 194 g/mol. The van der Waals surface area contributed by atoms with Gasteiger partial charge < -0.3 is 19.4 Å². The van der Waals surface area contributed by atoms with Crippen LogP contribution in [0.15, 0.2) is 10.7 Å². The number of hydrogen-bond acceptors (Lipinski definition) is 5. The van der Waals surface area contributed by atoms with Crippen molar-refractivity contribution in [2.45, 2.75) is 13.5 Å². The molecule has 1 heterocycles. The summed E-state index contributed by atoms with van der Waals surface area (Å²) in [6.07, 6.45) is 1.68. The Morgan fingerprint density at radius 2 is 2.40 bits per heavy atom. The van der Waals surface area contributed by atoms with Gasteiger partial charge in [0, 0.05) is 27.2 Å². The molecule has 0 aliphatic rings. The second-order valence-electron chi connectivity index (χ2n) is 3.32. The number of likely N-dealkylation sites (N-methyl/N-ethyl adjacent to an activating group) is 1. The smallest absolute Gasteiger partial charge is 0.297 e. The van der Waals surface area contributed by atoms with E-state index in [1.165, 1.54) is 0 Å². The SMILES string of the molecule is CCNCc1coc(N(C)CCOC)n1. The highest BCUT2D eigenvalue weighted by Crippen LogP contribution is 2.11. The predicted molar refractivity (Wildman–Crippen MR) is 59.0 cm³/mol. The van der Waals surface area contributed by atoms with Gasteiger partial charge in [-0.25, -0.2) is 0 Å². The second kappa shape index (κ2) is 6.42. The molecule has 0 atom stereocenters. The fourth-order valence-electron chi connectivity index (χ4n) is 1.13. The van der Waals surface area contributed by atoms with Crippen molar-refractivity contribution in [2.24, 2.45) is 0 Å². The number of aromatic nitrogens is 1. The van der Waals surface area contributed by atoms with Crippen LogP contribution in [-0.4, -0.2) is 38.8 Å². The summed E-state index contributed by atoms with van der Waals surface area (Å²) in [4.78, 5) is 6.27. The van der Waals surface area contributed by atoms with Crippen LogP contribution in [0.5, 0.6) is 0 Å². The van der Waals surface area contributed by atoms with Gasteiger partial charge in [-0.15, -0.1) is 0 Å². The summed E-state index contributed by atoms with van der Waals surface area (Å²) in [5.74, 6) is 0. The zero-order chi connectivity index (χ0) is 11.1. The van der Waals surface area contributed by atoms with Gasteiger partial charge in [-0.05, 0) is 6.54 Å². The Morgan fingerprint density at radius 1 is 1.60 bits per heavy atom. The predicted octanol–water partition coefficient (Wildman–Crippen LogP) is 0.867. The number of rotatable bonds is 7. The number of anilines is 1. The first-order valence-electron chi connectivity index (χ1n) is 5.13. The lowest BCUT2D eigenvalue weighted by molar-refractivity contribution is 0.205. The van der Waals surface area contributed by atoms with E-state index in [0.29, 0.717) is 12.6 Å². The van der Waals surface area contributed by atoms with Gasteiger partial charge in [0.2, 0.25) is 0 Å². The van der Waals surface area contributed by atoms with E-state index >= 15 is 0 Å². The van der Waals surface area contributed by atoms with Crippen molar-refractivity contribution in [2.75, 3.05) is 38.8 Å². The van der Waals surface area contributed by atoms with Crippen LogP contribution >= 0.6 is 0 Å². The lowest BCUT2D eigenvalue weighted by atomic mass is 10.5. The maximum Gasteiger partial charge on any atom is 0.297 e. The monoisotopic (exact) mass is 213 g/mol. The molecule has 0 bridgehead atoms. The Bertz CT molecular complexity index is 275. The van der Waals surface area contributed by atoms with E-state index in [2.05, 4.69) is 17.2 Å². The molecule has 15 heavy (non-hydrogen) atoms. The van der Waals surface area contributed by atoms with Crippen molar-refractivity contribution < 1.29 is 9.15 Å². The highest BCUT2D eigenvalue weighted by molar-refractivity contribution is 5.24. The minimum Gasteiger partial charge on any atom is -0.432 e. The van der Waals surface area contributed by atoms with Gasteiger partial charge in [0.05, 0.1) is 12.3 Å². The largest absolute Gasteiger partial charge is 0.432 e. The Kier molecular flexibility index (Phi) is 5.14. The highest BCUT2D eigenvalue weighted by Gasteiger charge is 2.07. The molecule has 0 amide bonds. The molecular formula is C10H19N3O2. The molecule has 0 aromatic carbocycles. The summed E-state index contributed by atoms with van der Waals surface area (Å²) < 4.78 is 10.3. The normalized spacial score (nSPS) is 10.6. The van der Waals surface area contributed by atoms with Crippen LogP contribution in [-0.2, 0) is 11.3 Å². The zero-order valence-electron chi connectivity index (χ0n) is 9.62. The first kappa shape index (κ1) is 12.0. The topological polar surface area (TPSA) is 50.5 Å². The number of ether oxygens (including phenoxy) is 1. The van der Waals surface area contributed by atoms with Gasteiger partial charge in [0.15, 0.2) is 0 Å². The average molecular weight is 213 g/mol. The minimum atomic E-state index is 0.639. The van der Waals surface area contributed by atoms with E-state index in [0.717, 1.165) is 25.3 Å². The van der Waals surface area contributed by atoms with Crippen molar-refractivity contribution in [1.82, 2.24) is 10.3 Å². The molecule has 5 heteroatoms. The molecule has 0 saturated carbocycles. The molecule has 5 nitrogen and oxygen atoms in total. The fraction of sp³-hybridized carbons (Fsp3) is 0.700. The Labute approximate surface area is 90.4 Å². The molecule has 0 aliphatic carbocycles. The highest BCUT2D eigenvalue weighted by atomic mass is 16.5. The second-order valence-corrected chi connectivity index (χ2v) is 3.32. The molecule has 0 saturated heterocycles. The van der Waals surface area contributed by atoms with Gasteiger partial charge in [0.25, 0.3) is 6.01 Å². The fourth-order valence-corrected chi connectivity index (χ4v) is 1.13. The van der Waals surface area contributed by atoms with Gasteiger partial charge >= 0.3 is 0 Å². The minimum absolute atomic E-state index is 0.639. The van der Waals surface area contributed by atoms with Gasteiger partial charge in [-0.2, -0.15) is 4.98 Å². The molecule has 1 aromatic heterocycles. The quantitative estimate of drug-likeness (QED) is 0.728. The number of hydrogen-bond donors (Lipinski definition) is 1. The molecule has 86 valence electrons. The van der Waals surface area contributed by atoms with Crippen LogP contribution in [0.3, 0.4) is 0 Å². The summed E-state index contributed by atoms with van der Waals surface area (Å²) in [5.41, 5.74) is 0.927. The average Bonchev–Trinajstić information content (AvgIpc) is 2.71. The van der Waals surface area contributed by atoms with E-state index in [1.54, 1.807) is 13.4 Å². The Morgan fingerprint density at radius 3 is 3.07 bits per heavy atom. The molecule has 0 aliphatic heterocycles. The molecule has 1 rings (SSSR count). The van der Waals surface area contributed by atoms with Crippen molar-refractivity contribution in [1.29, 1.82) is 0 Å². The van der Waals surface area contributed by atoms with E-state index in [-0.39, 0.29) is 0 Å². The molecule has 0 unspecified atom stereocenters. The van der Waals surface area contributed by atoms with Gasteiger partial charge in [-0.1, -0.05) is 6.92 Å². The molecule has 0 radical (unpaired) electrons. The van der Waals surface area contributed by atoms with Crippen molar-refractivity contribution in [3.8, 4) is 0 Å². The van der Waals surface area contributed by atoms with Crippen LogP contribution < -0.4 is 10.2 Å². The van der Waals surface area contributed by atoms with Crippen molar-refractivity contribution >= 4 is 6.01 Å². The number of nitrogens with one attached hydrogen (secondary N) is 1. The van der Waals surface area contributed by atoms with Crippen LogP contribution in [0.25, 0.3) is 0 Å². The number of nitrogens with zero attached hydrogens (tertiary/aromatic N) is 2. The van der Waals surface area contributed by atoms with Crippen LogP contribution in [0.2, 0.25) is 0 Å². The summed E-state index contributed by atoms with van der Waals surface area (Å²) >= 11 is 0. The van der Waals surface area contributed by atoms with Crippen molar-refractivity contribution in [3.63, 3.8) is 0 Å². The maximum absolute atomic E-state index is 5.34. The van der Waals surface area contributed by atoms with E-state index in [9.17, 15) is 0 Å². The van der Waals surface area contributed by atoms with E-state index in [4.69, 9.17) is 9.15 Å². The number of methoxy groups -OCH3 is 1. The molecule has 1 aromatic rings. The first-order chi connectivity index (χ1) is 7.27. The summed E-state index contributed by atoms with van der Waals surface area (Å²) in [5, 5.41) is 3.19. The number of oxazole rings is 1. The standard InChI is InChI=1S/C10H19N3O2/c1-4-11-7-9-8-15-10(12-9)13(2)5-6-14-3/h8,11H,4-7H2,1-3H3. The van der Waals surface area contributed by atoms with Gasteiger partial charge in [0.1, 0.15) is 6.26 Å². The van der Waals surface area contributed by atoms with Crippen LogP contribution in [0.4, 0.5) is 6.01 Å². The lowest BCUT2D eigenvalue weighted by Gasteiger charge is -2.12. The van der Waals surface area contributed by atoms with Crippen LogP contribution in [0, 0.1) is 0 Å². The third-order valence-electron chi connectivity index (χ3n) is 2.05. The third-order valence-corrected chi connectivity index (χ3v) is 2.05. The van der Waals surface area contributed by atoms with Crippen molar-refractivity contribution in [3.05, 3.63) is 12.0 Å². The van der Waals surface area contributed by atoms with E-state index in [1.807, 2.05) is 11.9 Å². The van der Waals surface area contributed by atoms with E-state index < -0.39 is 0 Å². The van der Waals surface area contributed by atoms with Gasteiger partial charge in [-0.3, -0.25) is 0 Å². The van der Waals surface area contributed by atoms with Crippen LogP contribution in [0.1, 0.15) is 12.6 Å². The third kappa shape index (κ3) is 3.89. The molecule has 0 fully saturated rings. The summed E-state index contributed by atoms with van der Waals surface area (Å²) in [6.45, 7) is 5.19. The first-order valence-corrected chi connectivity index (χ1v) is 5.13. The summed E-state index contributed by atoms with van der Waals surface area (Å²) in [6, 6.07) is 0.639. The zero-order valence-corrected chi connectivity index (χ0v) is 9.62. The maximum atomic E-state index is 5.34. The molecule has 1 N–H and O–H groups in total. The molecule has 0 spiro atoms.